The van der Waals surface area contributed by atoms with Crippen molar-refractivity contribution >= 4 is 33.2 Å². The number of sulfonamides is 1. The molecular weight excluding hydrogens is 294 g/mol. The molecule has 0 saturated heterocycles. The van der Waals surface area contributed by atoms with E-state index >= 15 is 0 Å². The zero-order chi connectivity index (χ0) is 14.5. The topological polar surface area (TPSA) is 119 Å². The van der Waals surface area contributed by atoms with Crippen molar-refractivity contribution < 1.29 is 22.8 Å². The normalized spacial score (nSPS) is 11.5. The van der Waals surface area contributed by atoms with E-state index in [1.165, 1.54) is 13.1 Å². The maximum absolute atomic E-state index is 12.0. The number of nitrogens with zero attached hydrogens (tertiary/aromatic N) is 1. The van der Waals surface area contributed by atoms with Crippen molar-refractivity contribution in [3.05, 3.63) is 17.5 Å². The first-order chi connectivity index (χ1) is 8.84. The highest BCUT2D eigenvalue weighted by atomic mass is 32.2. The lowest BCUT2D eigenvalue weighted by atomic mass is 10.6. The highest BCUT2D eigenvalue weighted by molar-refractivity contribution is 7.91. The summed E-state index contributed by atoms with van der Waals surface area (Å²) in [5.41, 5.74) is 6.71. The quantitative estimate of drug-likeness (QED) is 0.620. The Morgan fingerprint density at radius 3 is 2.74 bits per heavy atom. The van der Waals surface area contributed by atoms with Gasteiger partial charge in [-0.1, -0.05) is 6.07 Å². The number of carbonyl (C=O) groups is 2. The van der Waals surface area contributed by atoms with Crippen molar-refractivity contribution in [2.24, 2.45) is 5.73 Å². The molecule has 0 atom stereocenters. The fourth-order valence-corrected chi connectivity index (χ4v) is 3.40. The number of hydrogen-bond donors (Lipinski definition) is 2. The van der Waals surface area contributed by atoms with Gasteiger partial charge >= 0.3 is 0 Å². The van der Waals surface area contributed by atoms with Gasteiger partial charge in [-0.25, -0.2) is 13.9 Å². The van der Waals surface area contributed by atoms with Crippen molar-refractivity contribution in [3.63, 3.8) is 0 Å². The van der Waals surface area contributed by atoms with Gasteiger partial charge in [-0.05, 0) is 11.4 Å². The van der Waals surface area contributed by atoms with Gasteiger partial charge in [0, 0.05) is 7.05 Å². The first kappa shape index (κ1) is 15.6. The highest BCUT2D eigenvalue weighted by Crippen LogP contribution is 2.19. The molecule has 0 aliphatic rings. The van der Waals surface area contributed by atoms with Gasteiger partial charge < -0.3 is 5.73 Å². The number of likely N-dealkylation sites (N-methyl/N-ethyl adjacent to an activating group) is 1. The van der Waals surface area contributed by atoms with Gasteiger partial charge in [0.1, 0.15) is 4.21 Å². The molecular formula is C9H13N3O5S2. The molecule has 1 heterocycles. The molecule has 0 unspecified atom stereocenters. The predicted octanol–water partition coefficient (Wildman–Crippen LogP) is -1.10. The van der Waals surface area contributed by atoms with Crippen LogP contribution >= 0.6 is 11.3 Å². The largest absolute Gasteiger partial charge is 0.368 e. The van der Waals surface area contributed by atoms with Crippen molar-refractivity contribution in [1.29, 1.82) is 0 Å². The minimum absolute atomic E-state index is 0.140. The summed E-state index contributed by atoms with van der Waals surface area (Å²) in [5.74, 6) is -1.45. The minimum Gasteiger partial charge on any atom is -0.368 e. The highest BCUT2D eigenvalue weighted by Gasteiger charge is 2.23. The molecule has 0 bridgehead atoms. The summed E-state index contributed by atoms with van der Waals surface area (Å²) < 4.78 is 24.9. The third-order valence-corrected chi connectivity index (χ3v) is 5.10. The van der Waals surface area contributed by atoms with Crippen LogP contribution in [0.25, 0.3) is 0 Å². The number of primary amides is 1. The van der Waals surface area contributed by atoms with E-state index in [-0.39, 0.29) is 4.21 Å². The van der Waals surface area contributed by atoms with E-state index in [0.717, 1.165) is 15.6 Å². The number of hydroxylamine groups is 1. The van der Waals surface area contributed by atoms with Gasteiger partial charge in [0.05, 0.1) is 6.54 Å². The van der Waals surface area contributed by atoms with Crippen molar-refractivity contribution in [2.45, 2.75) is 4.21 Å². The van der Waals surface area contributed by atoms with Crippen LogP contribution in [-0.4, -0.2) is 44.7 Å². The first-order valence-electron chi connectivity index (χ1n) is 5.03. The Morgan fingerprint density at radius 1 is 1.53 bits per heavy atom. The second-order valence-electron chi connectivity index (χ2n) is 3.47. The number of amides is 2. The van der Waals surface area contributed by atoms with Gasteiger partial charge in [-0.15, -0.1) is 11.3 Å². The lowest BCUT2D eigenvalue weighted by Crippen LogP contribution is -2.39. The van der Waals surface area contributed by atoms with Crippen LogP contribution in [0.4, 0.5) is 0 Å². The molecule has 0 aromatic carbocycles. The van der Waals surface area contributed by atoms with Crippen molar-refractivity contribution in [1.82, 2.24) is 9.79 Å². The molecule has 0 spiro atoms. The van der Waals surface area contributed by atoms with Crippen LogP contribution in [0.3, 0.4) is 0 Å². The molecule has 1 aromatic heterocycles. The summed E-state index contributed by atoms with van der Waals surface area (Å²) in [6.07, 6.45) is 0. The molecule has 2 amide bonds. The second-order valence-corrected chi connectivity index (χ2v) is 6.69. The van der Waals surface area contributed by atoms with Crippen LogP contribution in [-0.2, 0) is 24.4 Å². The first-order valence-corrected chi connectivity index (χ1v) is 7.35. The number of hydrogen-bond acceptors (Lipinski definition) is 6. The minimum atomic E-state index is -3.69. The van der Waals surface area contributed by atoms with Crippen molar-refractivity contribution in [3.8, 4) is 0 Å². The van der Waals surface area contributed by atoms with Gasteiger partial charge in [0.25, 0.3) is 15.9 Å². The zero-order valence-electron chi connectivity index (χ0n) is 10.0. The molecule has 0 aliphatic heterocycles. The summed E-state index contributed by atoms with van der Waals surface area (Å²) in [6.45, 7) is -0.911. The molecule has 1 rings (SSSR count). The maximum atomic E-state index is 12.0. The Hall–Kier alpha value is -1.49. The molecule has 0 saturated carbocycles. The summed E-state index contributed by atoms with van der Waals surface area (Å²) >= 11 is 1.05. The monoisotopic (exact) mass is 307 g/mol. The lowest BCUT2D eigenvalue weighted by Gasteiger charge is -2.15. The third kappa shape index (κ3) is 4.59. The molecule has 19 heavy (non-hydrogen) atoms. The molecule has 3 N–H and O–H groups in total. The predicted molar refractivity (Wildman–Crippen MR) is 67.4 cm³/mol. The van der Waals surface area contributed by atoms with E-state index in [1.807, 2.05) is 5.48 Å². The number of thiophene rings is 1. The number of carbonyl (C=O) groups excluding carboxylic acids is 2. The molecule has 0 radical (unpaired) electrons. The maximum Gasteiger partial charge on any atom is 0.258 e. The van der Waals surface area contributed by atoms with E-state index in [9.17, 15) is 18.0 Å². The average molecular weight is 307 g/mol. The van der Waals surface area contributed by atoms with Crippen LogP contribution < -0.4 is 11.2 Å². The van der Waals surface area contributed by atoms with E-state index in [4.69, 9.17) is 5.73 Å². The molecule has 8 nitrogen and oxygen atoms in total. The number of rotatable bonds is 7. The molecule has 0 fully saturated rings. The van der Waals surface area contributed by atoms with Crippen LogP contribution in [0, 0.1) is 0 Å². The Balaban J connectivity index is 2.53. The Labute approximate surface area is 114 Å². The second kappa shape index (κ2) is 6.61. The van der Waals surface area contributed by atoms with Crippen molar-refractivity contribution in [2.75, 3.05) is 20.2 Å². The summed E-state index contributed by atoms with van der Waals surface area (Å²) in [4.78, 5) is 26.2. The fourth-order valence-electron chi connectivity index (χ4n) is 1.07. The van der Waals surface area contributed by atoms with E-state index in [1.54, 1.807) is 11.4 Å². The van der Waals surface area contributed by atoms with Gasteiger partial charge in [0.15, 0.2) is 6.61 Å². The smallest absolute Gasteiger partial charge is 0.258 e. The van der Waals surface area contributed by atoms with E-state index < -0.39 is 35.0 Å². The molecule has 10 heteroatoms. The van der Waals surface area contributed by atoms with Gasteiger partial charge in [0.2, 0.25) is 5.91 Å². The van der Waals surface area contributed by atoms with Gasteiger partial charge in [-0.3, -0.25) is 14.4 Å². The Bertz CT molecular complexity index is 540. The third-order valence-electron chi connectivity index (χ3n) is 1.93. The average Bonchev–Trinajstić information content (AvgIpc) is 2.82. The zero-order valence-corrected chi connectivity index (χ0v) is 11.7. The van der Waals surface area contributed by atoms with Crippen LogP contribution in [0.5, 0.6) is 0 Å². The summed E-state index contributed by atoms with van der Waals surface area (Å²) in [7, 11) is -2.42. The molecule has 0 aliphatic carbocycles. The summed E-state index contributed by atoms with van der Waals surface area (Å²) in [6, 6.07) is 3.04. The van der Waals surface area contributed by atoms with E-state index in [2.05, 4.69) is 4.84 Å². The Kier molecular flexibility index (Phi) is 5.42. The standard InChI is InChI=1S/C9H13N3O5S2/c1-12(5-8(14)11-17-6-7(10)13)19(15,16)9-3-2-4-18-9/h2-4H,5-6H2,1H3,(H2,10,13)(H,11,14). The van der Waals surface area contributed by atoms with Crippen LogP contribution in [0.15, 0.2) is 21.7 Å². The van der Waals surface area contributed by atoms with Crippen LogP contribution in [0.1, 0.15) is 0 Å². The SMILES string of the molecule is CN(CC(=O)NOCC(N)=O)S(=O)(=O)c1cccs1. The summed E-state index contributed by atoms with van der Waals surface area (Å²) in [5, 5.41) is 1.62. The molecule has 1 aromatic rings. The van der Waals surface area contributed by atoms with E-state index in [0.29, 0.717) is 0 Å². The van der Waals surface area contributed by atoms with Gasteiger partial charge in [-0.2, -0.15) is 4.31 Å². The van der Waals surface area contributed by atoms with Crippen LogP contribution in [0.2, 0.25) is 0 Å². The fraction of sp³-hybridized carbons (Fsp3) is 0.333. The lowest BCUT2D eigenvalue weighted by molar-refractivity contribution is -0.137. The molecule has 106 valence electrons. The number of nitrogens with two attached hydrogens (primary N) is 1. The number of nitrogens with one attached hydrogen (secondary N) is 1. The Morgan fingerprint density at radius 2 is 2.21 bits per heavy atom.